The lowest BCUT2D eigenvalue weighted by molar-refractivity contribution is -0.177. The molecular formula is C17H27N3O4. The quantitative estimate of drug-likeness (QED) is 0.747. The number of carbonyl (C=O) groups excluding carboxylic acids is 1. The molecule has 1 aliphatic carbocycles. The summed E-state index contributed by atoms with van der Waals surface area (Å²) in [6, 6.07) is 3.20. The number of anilines is 1. The lowest BCUT2D eigenvalue weighted by atomic mass is 9.56. The first-order valence-corrected chi connectivity index (χ1v) is 8.03. The number of aromatic nitrogens is 1. The van der Waals surface area contributed by atoms with Crippen LogP contribution in [-0.4, -0.2) is 50.1 Å². The third kappa shape index (κ3) is 3.79. The van der Waals surface area contributed by atoms with Gasteiger partial charge >= 0.3 is 6.03 Å². The lowest BCUT2D eigenvalue weighted by Crippen LogP contribution is -2.68. The van der Waals surface area contributed by atoms with Gasteiger partial charge in [-0.15, -0.1) is 0 Å². The summed E-state index contributed by atoms with van der Waals surface area (Å²) in [5.74, 6) is 0.445. The van der Waals surface area contributed by atoms with Crippen LogP contribution < -0.4 is 15.4 Å². The van der Waals surface area contributed by atoms with E-state index < -0.39 is 0 Å². The van der Waals surface area contributed by atoms with Crippen molar-refractivity contribution in [3.63, 3.8) is 0 Å². The van der Waals surface area contributed by atoms with Crippen LogP contribution in [-0.2, 0) is 9.47 Å². The normalized spacial score (nSPS) is 24.8. The Balaban J connectivity index is 1.88. The number of methoxy groups -OCH3 is 2. The number of urea groups is 1. The van der Waals surface area contributed by atoms with Crippen molar-refractivity contribution in [1.29, 1.82) is 0 Å². The Hall–Kier alpha value is -1.86. The maximum Gasteiger partial charge on any atom is 0.319 e. The molecule has 0 radical (unpaired) electrons. The third-order valence-corrected chi connectivity index (χ3v) is 5.11. The van der Waals surface area contributed by atoms with E-state index in [1.54, 1.807) is 32.5 Å². The molecular weight excluding hydrogens is 310 g/mol. The molecule has 0 aromatic carbocycles. The average Bonchev–Trinajstić information content (AvgIpc) is 2.54. The minimum absolute atomic E-state index is 0.0571. The zero-order chi connectivity index (χ0) is 17.8. The summed E-state index contributed by atoms with van der Waals surface area (Å²) in [5.41, 5.74) is 0.275. The van der Waals surface area contributed by atoms with E-state index in [-0.39, 0.29) is 23.1 Å². The van der Waals surface area contributed by atoms with E-state index >= 15 is 0 Å². The number of nitrogens with zero attached hydrogens (tertiary/aromatic N) is 1. The first kappa shape index (κ1) is 18.5. The number of pyridine rings is 1. The lowest BCUT2D eigenvalue weighted by Gasteiger charge is -2.59. The molecule has 1 aromatic rings. The van der Waals surface area contributed by atoms with Gasteiger partial charge in [0.05, 0.1) is 12.2 Å². The van der Waals surface area contributed by atoms with E-state index in [4.69, 9.17) is 14.2 Å². The fourth-order valence-corrected chi connectivity index (χ4v) is 2.84. The van der Waals surface area contributed by atoms with E-state index in [0.29, 0.717) is 24.8 Å². The SMILES string of the molecule is COCCOc1cc(NC(=O)N[C@@H]2C[C@](C)(OC)C2(C)C)ccn1. The molecule has 0 saturated heterocycles. The molecule has 2 N–H and O–H groups in total. The van der Waals surface area contributed by atoms with Gasteiger partial charge in [-0.3, -0.25) is 0 Å². The van der Waals surface area contributed by atoms with E-state index in [9.17, 15) is 4.79 Å². The van der Waals surface area contributed by atoms with Gasteiger partial charge in [0, 0.05) is 43.6 Å². The summed E-state index contributed by atoms with van der Waals surface area (Å²) >= 11 is 0. The van der Waals surface area contributed by atoms with Gasteiger partial charge in [0.15, 0.2) is 0 Å². The second-order valence-electron chi connectivity index (χ2n) is 6.74. The van der Waals surface area contributed by atoms with Gasteiger partial charge in [-0.2, -0.15) is 0 Å². The molecule has 24 heavy (non-hydrogen) atoms. The highest BCUT2D eigenvalue weighted by molar-refractivity contribution is 5.89. The summed E-state index contributed by atoms with van der Waals surface area (Å²) in [7, 11) is 3.32. The van der Waals surface area contributed by atoms with Gasteiger partial charge in [-0.1, -0.05) is 13.8 Å². The third-order valence-electron chi connectivity index (χ3n) is 5.11. The number of rotatable bonds is 7. The van der Waals surface area contributed by atoms with Crippen molar-refractivity contribution in [3.8, 4) is 5.88 Å². The van der Waals surface area contributed by atoms with Gasteiger partial charge in [0.2, 0.25) is 5.88 Å². The number of carbonyl (C=O) groups is 1. The Morgan fingerprint density at radius 3 is 2.71 bits per heavy atom. The number of hydrogen-bond acceptors (Lipinski definition) is 5. The molecule has 7 heteroatoms. The molecule has 2 amide bonds. The van der Waals surface area contributed by atoms with Crippen LogP contribution >= 0.6 is 0 Å². The average molecular weight is 337 g/mol. The van der Waals surface area contributed by atoms with Crippen LogP contribution in [0.1, 0.15) is 27.2 Å². The van der Waals surface area contributed by atoms with Crippen LogP contribution in [0.4, 0.5) is 10.5 Å². The zero-order valence-electron chi connectivity index (χ0n) is 15.0. The number of amides is 2. The summed E-state index contributed by atoms with van der Waals surface area (Å²) < 4.78 is 15.9. The van der Waals surface area contributed by atoms with Gasteiger partial charge < -0.3 is 24.8 Å². The number of ether oxygens (including phenoxy) is 3. The van der Waals surface area contributed by atoms with Gasteiger partial charge in [0.25, 0.3) is 0 Å². The molecule has 1 saturated carbocycles. The Labute approximate surface area is 143 Å². The first-order chi connectivity index (χ1) is 11.3. The van der Waals surface area contributed by atoms with Gasteiger partial charge in [-0.05, 0) is 19.4 Å². The minimum Gasteiger partial charge on any atom is -0.475 e. The van der Waals surface area contributed by atoms with E-state index in [2.05, 4.69) is 36.4 Å². The van der Waals surface area contributed by atoms with Crippen LogP contribution in [0.25, 0.3) is 0 Å². The highest BCUT2D eigenvalue weighted by Crippen LogP contribution is 2.51. The molecule has 1 heterocycles. The van der Waals surface area contributed by atoms with Crippen LogP contribution in [0.2, 0.25) is 0 Å². The molecule has 1 aliphatic rings. The summed E-state index contributed by atoms with van der Waals surface area (Å²) in [6.07, 6.45) is 2.37. The molecule has 1 aromatic heterocycles. The van der Waals surface area contributed by atoms with Crippen molar-refractivity contribution in [2.24, 2.45) is 5.41 Å². The Morgan fingerprint density at radius 2 is 2.08 bits per heavy atom. The molecule has 0 aliphatic heterocycles. The smallest absolute Gasteiger partial charge is 0.319 e. The Morgan fingerprint density at radius 1 is 1.33 bits per heavy atom. The highest BCUT2D eigenvalue weighted by Gasteiger charge is 2.58. The molecule has 2 atom stereocenters. The molecule has 134 valence electrons. The Bertz CT molecular complexity index is 579. The highest BCUT2D eigenvalue weighted by atomic mass is 16.5. The second kappa shape index (κ2) is 7.36. The van der Waals surface area contributed by atoms with Gasteiger partial charge in [-0.25, -0.2) is 9.78 Å². The van der Waals surface area contributed by atoms with Crippen LogP contribution in [0.15, 0.2) is 18.3 Å². The van der Waals surface area contributed by atoms with Crippen molar-refractivity contribution in [2.45, 2.75) is 38.8 Å². The number of nitrogens with one attached hydrogen (secondary N) is 2. The largest absolute Gasteiger partial charge is 0.475 e. The van der Waals surface area contributed by atoms with Gasteiger partial charge in [0.1, 0.15) is 6.61 Å². The van der Waals surface area contributed by atoms with Crippen molar-refractivity contribution in [2.75, 3.05) is 32.8 Å². The van der Waals surface area contributed by atoms with Crippen LogP contribution in [0.3, 0.4) is 0 Å². The predicted octanol–water partition coefficient (Wildman–Crippen LogP) is 2.43. The standard InChI is InChI=1S/C17H27N3O4/c1-16(2)13(11-17(16,3)23-5)20-15(21)19-12-6-7-18-14(10-12)24-9-8-22-4/h6-7,10,13H,8-9,11H2,1-5H3,(H2,18,19,20,21)/t13-,17+/m1/s1. The van der Waals surface area contributed by atoms with E-state index in [0.717, 1.165) is 6.42 Å². The van der Waals surface area contributed by atoms with Crippen molar-refractivity contribution >= 4 is 11.7 Å². The molecule has 1 fully saturated rings. The fraction of sp³-hybridized carbons (Fsp3) is 0.647. The summed E-state index contributed by atoms with van der Waals surface area (Å²) in [6.45, 7) is 7.15. The number of hydrogen-bond donors (Lipinski definition) is 2. The van der Waals surface area contributed by atoms with E-state index in [1.165, 1.54) is 0 Å². The van der Waals surface area contributed by atoms with Crippen LogP contribution in [0, 0.1) is 5.41 Å². The fourth-order valence-electron chi connectivity index (χ4n) is 2.84. The molecule has 7 nitrogen and oxygen atoms in total. The van der Waals surface area contributed by atoms with Crippen LogP contribution in [0.5, 0.6) is 5.88 Å². The topological polar surface area (TPSA) is 81.7 Å². The van der Waals surface area contributed by atoms with Crippen molar-refractivity contribution in [1.82, 2.24) is 10.3 Å². The second-order valence-corrected chi connectivity index (χ2v) is 6.74. The van der Waals surface area contributed by atoms with E-state index in [1.807, 2.05) is 0 Å². The molecule has 0 spiro atoms. The zero-order valence-corrected chi connectivity index (χ0v) is 15.0. The first-order valence-electron chi connectivity index (χ1n) is 8.03. The molecule has 0 bridgehead atoms. The maximum atomic E-state index is 12.2. The van der Waals surface area contributed by atoms with Crippen molar-refractivity contribution < 1.29 is 19.0 Å². The summed E-state index contributed by atoms with van der Waals surface area (Å²) in [5, 5.41) is 5.82. The van der Waals surface area contributed by atoms with Crippen molar-refractivity contribution in [3.05, 3.63) is 18.3 Å². The summed E-state index contributed by atoms with van der Waals surface area (Å²) in [4.78, 5) is 16.3. The molecule has 2 rings (SSSR count). The monoisotopic (exact) mass is 337 g/mol. The molecule has 0 unspecified atom stereocenters. The maximum absolute atomic E-state index is 12.2. The Kier molecular flexibility index (Phi) is 5.66. The predicted molar refractivity (Wildman–Crippen MR) is 91.4 cm³/mol. The minimum atomic E-state index is -0.250.